The van der Waals surface area contributed by atoms with Gasteiger partial charge in [0.1, 0.15) is 22.8 Å². The maximum Gasteiger partial charge on any atom is 0.261 e. The van der Waals surface area contributed by atoms with Gasteiger partial charge in [0, 0.05) is 23.3 Å². The molecule has 1 amide bonds. The molecule has 0 spiro atoms. The summed E-state index contributed by atoms with van der Waals surface area (Å²) in [6.07, 6.45) is 6.98. The summed E-state index contributed by atoms with van der Waals surface area (Å²) in [5.74, 6) is 1.18. The van der Waals surface area contributed by atoms with Crippen molar-refractivity contribution in [3.63, 3.8) is 0 Å². The molecule has 0 aliphatic heterocycles. The van der Waals surface area contributed by atoms with Crippen molar-refractivity contribution in [2.24, 2.45) is 17.6 Å². The normalized spacial score (nSPS) is 22.4. The average Bonchev–Trinajstić information content (AvgIpc) is 2.65. The molecule has 6 nitrogen and oxygen atoms in total. The zero-order valence-electron chi connectivity index (χ0n) is 16.3. The van der Waals surface area contributed by atoms with Crippen molar-refractivity contribution in [3.05, 3.63) is 34.1 Å². The lowest BCUT2D eigenvalue weighted by Crippen LogP contribution is -2.28. The fraction of sp³-hybridized carbons (Fsp3) is 0.571. The first-order valence-corrected chi connectivity index (χ1v) is 11.3. The van der Waals surface area contributed by atoms with Gasteiger partial charge < -0.3 is 15.5 Å². The van der Waals surface area contributed by atoms with E-state index in [1.165, 1.54) is 12.5 Å². The van der Waals surface area contributed by atoms with Gasteiger partial charge in [-0.2, -0.15) is 11.8 Å². The van der Waals surface area contributed by atoms with Gasteiger partial charge in [-0.3, -0.25) is 9.59 Å². The molecule has 0 radical (unpaired) electrons. The third-order valence-electron chi connectivity index (χ3n) is 6.03. The van der Waals surface area contributed by atoms with Crippen LogP contribution in [0.3, 0.4) is 0 Å². The van der Waals surface area contributed by atoms with E-state index < -0.39 is 11.4 Å². The Morgan fingerprint density at radius 2 is 2.00 bits per heavy atom. The lowest BCUT2D eigenvalue weighted by Gasteiger charge is -2.26. The van der Waals surface area contributed by atoms with Gasteiger partial charge in [-0.1, -0.05) is 6.42 Å². The smallest absolute Gasteiger partial charge is 0.261 e. The minimum absolute atomic E-state index is 0.0215. The van der Waals surface area contributed by atoms with Crippen LogP contribution in [0.25, 0.3) is 10.9 Å². The molecule has 1 aromatic heterocycles. The highest BCUT2D eigenvalue weighted by Gasteiger charge is 2.25. The van der Waals surface area contributed by atoms with Gasteiger partial charge in [0.25, 0.3) is 5.56 Å². The number of nitrogens with zero attached hydrogens (tertiary/aromatic N) is 1. The average molecular weight is 420 g/mol. The molecule has 4 rings (SSSR count). The van der Waals surface area contributed by atoms with Crippen LogP contribution in [-0.2, 0) is 10.5 Å². The second-order valence-electron chi connectivity index (χ2n) is 8.11. The molecule has 0 bridgehead atoms. The predicted octanol–water partition coefficient (Wildman–Crippen LogP) is 3.52. The van der Waals surface area contributed by atoms with Crippen molar-refractivity contribution in [1.29, 1.82) is 0 Å². The third-order valence-corrected chi connectivity index (χ3v) is 7.41. The number of hydrogen-bond acceptors (Lipinski definition) is 5. The molecule has 29 heavy (non-hydrogen) atoms. The lowest BCUT2D eigenvalue weighted by molar-refractivity contribution is -0.122. The quantitative estimate of drug-likeness (QED) is 0.716. The highest BCUT2D eigenvalue weighted by molar-refractivity contribution is 7.99. The van der Waals surface area contributed by atoms with E-state index in [1.807, 2.05) is 0 Å². The number of fused-ring (bicyclic) bond motifs is 1. The van der Waals surface area contributed by atoms with Crippen LogP contribution in [0.5, 0.6) is 5.75 Å². The Hall–Kier alpha value is -2.09. The summed E-state index contributed by atoms with van der Waals surface area (Å²) in [6.45, 7) is 0.574. The molecule has 8 heteroatoms. The molecule has 2 fully saturated rings. The molecule has 0 atom stereocenters. The van der Waals surface area contributed by atoms with Crippen LogP contribution in [0.2, 0.25) is 0 Å². The van der Waals surface area contributed by atoms with Crippen molar-refractivity contribution in [1.82, 2.24) is 9.97 Å². The summed E-state index contributed by atoms with van der Waals surface area (Å²) in [6, 6.07) is 2.92. The predicted molar refractivity (Wildman–Crippen MR) is 111 cm³/mol. The number of thioether (sulfide) groups is 1. The molecule has 2 aliphatic rings. The Labute approximate surface area is 172 Å². The van der Waals surface area contributed by atoms with E-state index >= 15 is 0 Å². The fourth-order valence-corrected chi connectivity index (χ4v) is 5.12. The summed E-state index contributed by atoms with van der Waals surface area (Å²) in [5, 5.41) is 0.372. The van der Waals surface area contributed by atoms with E-state index in [4.69, 9.17) is 10.5 Å². The van der Waals surface area contributed by atoms with Gasteiger partial charge in [0.05, 0.1) is 17.9 Å². The summed E-state index contributed by atoms with van der Waals surface area (Å²) >= 11 is 1.70. The minimum Gasteiger partial charge on any atom is -0.493 e. The minimum atomic E-state index is -0.608. The van der Waals surface area contributed by atoms with Crippen LogP contribution >= 0.6 is 11.8 Å². The maximum atomic E-state index is 14.5. The number of aromatic nitrogens is 2. The molecule has 0 saturated heterocycles. The highest BCUT2D eigenvalue weighted by Crippen LogP contribution is 2.33. The number of aromatic amines is 1. The number of hydrogen-bond donors (Lipinski definition) is 2. The van der Waals surface area contributed by atoms with Crippen molar-refractivity contribution in [2.45, 2.75) is 55.9 Å². The van der Waals surface area contributed by atoms with Crippen LogP contribution in [0.4, 0.5) is 4.39 Å². The van der Waals surface area contributed by atoms with Gasteiger partial charge in [-0.15, -0.1) is 0 Å². The number of benzene rings is 1. The molecule has 1 aromatic carbocycles. The van der Waals surface area contributed by atoms with Crippen molar-refractivity contribution in [3.8, 4) is 5.75 Å². The molecule has 1 heterocycles. The van der Waals surface area contributed by atoms with Crippen LogP contribution in [0, 0.1) is 17.7 Å². The topological polar surface area (TPSA) is 98.1 Å². The van der Waals surface area contributed by atoms with Gasteiger partial charge >= 0.3 is 0 Å². The SMILES string of the molecule is NC(=O)[C@H]1CC[C@H](SCc2nc3cc(OCC4CCC4)cc(F)c3c(=O)[nH]2)CC1. The number of amides is 1. The number of halogens is 1. The highest BCUT2D eigenvalue weighted by atomic mass is 32.2. The fourth-order valence-electron chi connectivity index (χ4n) is 3.98. The first-order chi connectivity index (χ1) is 14.0. The summed E-state index contributed by atoms with van der Waals surface area (Å²) in [4.78, 5) is 30.9. The van der Waals surface area contributed by atoms with Crippen LogP contribution in [0.1, 0.15) is 50.8 Å². The monoisotopic (exact) mass is 419 g/mol. The summed E-state index contributed by atoms with van der Waals surface area (Å²) in [7, 11) is 0. The lowest BCUT2D eigenvalue weighted by atomic mass is 9.86. The van der Waals surface area contributed by atoms with Crippen LogP contribution in [-0.4, -0.2) is 27.7 Å². The molecule has 2 saturated carbocycles. The number of carbonyl (C=O) groups is 1. The van der Waals surface area contributed by atoms with E-state index in [9.17, 15) is 14.0 Å². The zero-order chi connectivity index (χ0) is 20.4. The molecular formula is C21H26FN3O3S. The second kappa shape index (κ2) is 8.73. The first kappa shape index (κ1) is 20.2. The number of H-pyrrole nitrogens is 1. The first-order valence-electron chi connectivity index (χ1n) is 10.3. The Morgan fingerprint density at radius 3 is 2.66 bits per heavy atom. The Bertz CT molecular complexity index is 952. The molecule has 156 valence electrons. The number of nitrogens with one attached hydrogen (secondary N) is 1. The van der Waals surface area contributed by atoms with Crippen LogP contribution in [0.15, 0.2) is 16.9 Å². The number of primary amides is 1. The van der Waals surface area contributed by atoms with E-state index in [0.717, 1.165) is 38.5 Å². The van der Waals surface area contributed by atoms with Crippen molar-refractivity contribution < 1.29 is 13.9 Å². The third kappa shape index (κ3) is 4.74. The van der Waals surface area contributed by atoms with E-state index in [1.54, 1.807) is 17.8 Å². The van der Waals surface area contributed by atoms with E-state index in [-0.39, 0.29) is 17.2 Å². The number of ether oxygens (including phenoxy) is 1. The van der Waals surface area contributed by atoms with E-state index in [2.05, 4.69) is 9.97 Å². The Balaban J connectivity index is 1.44. The molecule has 3 N–H and O–H groups in total. The molecular weight excluding hydrogens is 393 g/mol. The second-order valence-corrected chi connectivity index (χ2v) is 9.40. The zero-order valence-corrected chi connectivity index (χ0v) is 17.1. The molecule has 2 aromatic rings. The van der Waals surface area contributed by atoms with Gasteiger partial charge in [0.2, 0.25) is 5.91 Å². The summed E-state index contributed by atoms with van der Waals surface area (Å²) < 4.78 is 20.2. The standard InChI is InChI=1S/C21H26FN3O3S/c22-16-8-14(28-10-12-2-1-3-12)9-17-19(16)21(27)25-18(24-17)11-29-15-6-4-13(5-7-15)20(23)26/h8-9,12-13,15H,1-7,10-11H2,(H2,23,26)(H,24,25,27)/t13-,15-. The van der Waals surface area contributed by atoms with Crippen LogP contribution < -0.4 is 16.0 Å². The molecule has 2 aliphatic carbocycles. The Kier molecular flexibility index (Phi) is 6.08. The number of nitrogens with two attached hydrogens (primary N) is 1. The number of rotatable bonds is 7. The van der Waals surface area contributed by atoms with Gasteiger partial charge in [-0.25, -0.2) is 9.37 Å². The van der Waals surface area contributed by atoms with Gasteiger partial charge in [0.15, 0.2) is 0 Å². The summed E-state index contributed by atoms with van der Waals surface area (Å²) in [5.41, 5.74) is 5.24. The van der Waals surface area contributed by atoms with Crippen molar-refractivity contribution in [2.75, 3.05) is 6.61 Å². The largest absolute Gasteiger partial charge is 0.493 e. The van der Waals surface area contributed by atoms with E-state index in [0.29, 0.717) is 40.6 Å². The van der Waals surface area contributed by atoms with Crippen molar-refractivity contribution >= 4 is 28.6 Å². The number of carbonyl (C=O) groups excluding carboxylic acids is 1. The molecule has 0 unspecified atom stereocenters. The maximum absolute atomic E-state index is 14.5. The Morgan fingerprint density at radius 1 is 1.24 bits per heavy atom. The van der Waals surface area contributed by atoms with Gasteiger partial charge in [-0.05, 0) is 44.4 Å².